The molecule has 0 fully saturated rings. The molecular formula is C14H21NO2S. The maximum Gasteiger partial charge on any atom is 0.321 e. The first kappa shape index (κ1) is 15.1. The summed E-state index contributed by atoms with van der Waals surface area (Å²) >= 11 is 1.59. The molecular weight excluding hydrogens is 246 g/mol. The summed E-state index contributed by atoms with van der Waals surface area (Å²) in [6, 6.07) is 5.33. The highest BCUT2D eigenvalue weighted by Gasteiger charge is 2.32. The van der Waals surface area contributed by atoms with Crippen LogP contribution in [0.15, 0.2) is 18.2 Å². The molecule has 3 nitrogen and oxygen atoms in total. The average molecular weight is 267 g/mol. The Morgan fingerprint density at radius 1 is 1.39 bits per heavy atom. The Bertz CT molecular complexity index is 423. The van der Waals surface area contributed by atoms with Crippen molar-refractivity contribution in [3.05, 3.63) is 34.9 Å². The minimum Gasteiger partial charge on any atom is -0.480 e. The lowest BCUT2D eigenvalue weighted by Gasteiger charge is -2.28. The Morgan fingerprint density at radius 2 is 1.89 bits per heavy atom. The number of carbonyl (C=O) groups is 1. The lowest BCUT2D eigenvalue weighted by Crippen LogP contribution is -2.46. The van der Waals surface area contributed by atoms with E-state index in [1.54, 1.807) is 11.8 Å². The smallest absolute Gasteiger partial charge is 0.321 e. The minimum atomic E-state index is -0.950. The molecule has 1 aromatic carbocycles. The van der Waals surface area contributed by atoms with Crippen molar-refractivity contribution in [3.8, 4) is 0 Å². The van der Waals surface area contributed by atoms with E-state index in [9.17, 15) is 4.79 Å². The number of carboxylic acids is 1. The zero-order valence-corrected chi connectivity index (χ0v) is 12.2. The molecule has 0 bridgehead atoms. The summed E-state index contributed by atoms with van der Waals surface area (Å²) < 4.78 is -0.486. The Hall–Kier alpha value is -1.00. The first-order valence-electron chi connectivity index (χ1n) is 5.93. The molecule has 0 aliphatic carbocycles. The van der Waals surface area contributed by atoms with Crippen molar-refractivity contribution in [1.82, 2.24) is 0 Å². The third kappa shape index (κ3) is 3.50. The van der Waals surface area contributed by atoms with Crippen molar-refractivity contribution in [2.24, 2.45) is 5.73 Å². The van der Waals surface area contributed by atoms with Gasteiger partial charge in [0, 0.05) is 10.5 Å². The molecule has 0 saturated carbocycles. The van der Waals surface area contributed by atoms with Crippen molar-refractivity contribution < 1.29 is 9.90 Å². The van der Waals surface area contributed by atoms with Crippen LogP contribution in [0.3, 0.4) is 0 Å². The van der Waals surface area contributed by atoms with Crippen LogP contribution in [0.4, 0.5) is 0 Å². The molecule has 0 unspecified atom stereocenters. The zero-order valence-electron chi connectivity index (χ0n) is 11.4. The molecule has 1 atom stereocenters. The predicted molar refractivity (Wildman–Crippen MR) is 76.9 cm³/mol. The van der Waals surface area contributed by atoms with E-state index < -0.39 is 16.8 Å². The van der Waals surface area contributed by atoms with Crippen LogP contribution in [0.2, 0.25) is 0 Å². The number of hydrogen-bond donors (Lipinski definition) is 2. The lowest BCUT2D eigenvalue weighted by atomic mass is 10.0. The summed E-state index contributed by atoms with van der Waals surface area (Å²) in [4.78, 5) is 11.0. The molecule has 0 heterocycles. The summed E-state index contributed by atoms with van der Waals surface area (Å²) in [5.41, 5.74) is 9.46. The summed E-state index contributed by atoms with van der Waals surface area (Å²) in [5.74, 6) is -0.166. The van der Waals surface area contributed by atoms with Gasteiger partial charge in [0.2, 0.25) is 0 Å². The van der Waals surface area contributed by atoms with Crippen molar-refractivity contribution in [3.63, 3.8) is 0 Å². The van der Waals surface area contributed by atoms with Crippen molar-refractivity contribution in [2.45, 2.75) is 44.2 Å². The van der Waals surface area contributed by atoms with E-state index in [-0.39, 0.29) is 0 Å². The fourth-order valence-corrected chi connectivity index (χ4v) is 2.97. The second kappa shape index (κ2) is 5.76. The quantitative estimate of drug-likeness (QED) is 0.861. The van der Waals surface area contributed by atoms with Gasteiger partial charge in [-0.15, -0.1) is 11.8 Å². The van der Waals surface area contributed by atoms with Gasteiger partial charge in [-0.2, -0.15) is 0 Å². The van der Waals surface area contributed by atoms with E-state index in [1.165, 1.54) is 16.7 Å². The first-order chi connectivity index (χ1) is 8.25. The number of aliphatic carboxylic acids is 1. The molecule has 0 saturated heterocycles. The highest BCUT2D eigenvalue weighted by Crippen LogP contribution is 2.32. The largest absolute Gasteiger partial charge is 0.480 e. The third-order valence-corrected chi connectivity index (χ3v) is 4.68. The van der Waals surface area contributed by atoms with Crippen molar-refractivity contribution >= 4 is 17.7 Å². The SMILES string of the molecule is Cc1cccc(C)c1CSC(C)(C)[C@@H](N)C(=O)O. The Kier molecular flexibility index (Phi) is 4.82. The normalized spacial score (nSPS) is 13.4. The molecule has 18 heavy (non-hydrogen) atoms. The number of nitrogens with two attached hydrogens (primary N) is 1. The number of carboxylic acid groups (broad SMARTS) is 1. The van der Waals surface area contributed by atoms with Crippen molar-refractivity contribution in [2.75, 3.05) is 0 Å². The van der Waals surface area contributed by atoms with Crippen LogP contribution in [0.5, 0.6) is 0 Å². The monoisotopic (exact) mass is 267 g/mol. The van der Waals surface area contributed by atoms with Gasteiger partial charge in [-0.3, -0.25) is 4.79 Å². The molecule has 100 valence electrons. The summed E-state index contributed by atoms with van der Waals surface area (Å²) in [6.07, 6.45) is 0. The Balaban J connectivity index is 2.79. The summed E-state index contributed by atoms with van der Waals surface area (Å²) in [5, 5.41) is 8.99. The molecule has 0 aliphatic rings. The van der Waals surface area contributed by atoms with Crippen LogP contribution in [0.25, 0.3) is 0 Å². The first-order valence-corrected chi connectivity index (χ1v) is 6.91. The topological polar surface area (TPSA) is 63.3 Å². The van der Waals surface area contributed by atoms with Gasteiger partial charge in [-0.25, -0.2) is 0 Å². The molecule has 1 rings (SSSR count). The minimum absolute atomic E-state index is 0.486. The van der Waals surface area contributed by atoms with Crippen LogP contribution in [0, 0.1) is 13.8 Å². The molecule has 0 spiro atoms. The van der Waals surface area contributed by atoms with Gasteiger partial charge in [0.1, 0.15) is 6.04 Å². The summed E-state index contributed by atoms with van der Waals surface area (Å²) in [7, 11) is 0. The van der Waals surface area contributed by atoms with Crippen molar-refractivity contribution in [1.29, 1.82) is 0 Å². The third-order valence-electron chi connectivity index (χ3n) is 3.25. The van der Waals surface area contributed by atoms with Crippen LogP contribution in [-0.4, -0.2) is 21.9 Å². The Labute approximate surface area is 113 Å². The number of thioether (sulfide) groups is 1. The van der Waals surface area contributed by atoms with Crippen LogP contribution < -0.4 is 5.73 Å². The van der Waals surface area contributed by atoms with E-state index in [2.05, 4.69) is 26.0 Å². The van der Waals surface area contributed by atoms with Crippen LogP contribution in [0.1, 0.15) is 30.5 Å². The van der Waals surface area contributed by atoms with Gasteiger partial charge >= 0.3 is 5.97 Å². The van der Waals surface area contributed by atoms with Gasteiger partial charge in [-0.1, -0.05) is 18.2 Å². The van der Waals surface area contributed by atoms with E-state index >= 15 is 0 Å². The highest BCUT2D eigenvalue weighted by atomic mass is 32.2. The molecule has 3 N–H and O–H groups in total. The fourth-order valence-electron chi connectivity index (χ4n) is 1.72. The Morgan fingerprint density at radius 3 is 2.33 bits per heavy atom. The molecule has 0 aliphatic heterocycles. The average Bonchev–Trinajstić information content (AvgIpc) is 2.27. The van der Waals surface area contributed by atoms with Gasteiger partial charge in [0.05, 0.1) is 0 Å². The van der Waals surface area contributed by atoms with E-state index in [0.717, 1.165) is 5.75 Å². The standard InChI is InChI=1S/C14H21NO2S/c1-9-6-5-7-10(2)11(9)8-18-14(3,4)12(15)13(16)17/h5-7,12H,8,15H2,1-4H3,(H,16,17)/t12-/m0/s1. The maximum absolute atomic E-state index is 11.0. The lowest BCUT2D eigenvalue weighted by molar-refractivity contribution is -0.139. The second-order valence-corrected chi connectivity index (χ2v) is 6.71. The number of benzene rings is 1. The van der Waals surface area contributed by atoms with Crippen LogP contribution in [-0.2, 0) is 10.5 Å². The fraction of sp³-hybridized carbons (Fsp3) is 0.500. The van der Waals surface area contributed by atoms with E-state index in [1.807, 2.05) is 19.9 Å². The van der Waals surface area contributed by atoms with Gasteiger partial charge in [0.25, 0.3) is 0 Å². The molecule has 1 aromatic rings. The number of hydrogen-bond acceptors (Lipinski definition) is 3. The molecule has 4 heteroatoms. The summed E-state index contributed by atoms with van der Waals surface area (Å²) in [6.45, 7) is 7.91. The number of aryl methyl sites for hydroxylation is 2. The molecule has 0 radical (unpaired) electrons. The maximum atomic E-state index is 11.0. The number of rotatable bonds is 5. The second-order valence-electron chi connectivity index (χ2n) is 5.08. The van der Waals surface area contributed by atoms with E-state index in [0.29, 0.717) is 0 Å². The van der Waals surface area contributed by atoms with Gasteiger partial charge < -0.3 is 10.8 Å². The molecule has 0 aromatic heterocycles. The highest BCUT2D eigenvalue weighted by molar-refractivity contribution is 7.99. The zero-order chi connectivity index (χ0) is 13.9. The van der Waals surface area contributed by atoms with E-state index in [4.69, 9.17) is 10.8 Å². The van der Waals surface area contributed by atoms with Gasteiger partial charge in [-0.05, 0) is 44.4 Å². The molecule has 0 amide bonds. The van der Waals surface area contributed by atoms with Crippen LogP contribution >= 0.6 is 11.8 Å². The van der Waals surface area contributed by atoms with Gasteiger partial charge in [0.15, 0.2) is 0 Å². The predicted octanol–water partition coefficient (Wildman–Crippen LogP) is 2.73.